The molecule has 0 spiro atoms. The Labute approximate surface area is 186 Å². The number of hydrogen-bond donors (Lipinski definition) is 1. The van der Waals surface area contributed by atoms with Crippen molar-refractivity contribution in [2.75, 3.05) is 19.1 Å². The molecule has 2 aromatic carbocycles. The fourth-order valence-corrected chi connectivity index (χ4v) is 6.77. The van der Waals surface area contributed by atoms with Crippen molar-refractivity contribution in [2.45, 2.75) is 16.2 Å². The highest BCUT2D eigenvalue weighted by molar-refractivity contribution is 8.00. The molecule has 7 nitrogen and oxygen atoms in total. The maximum absolute atomic E-state index is 13.6. The van der Waals surface area contributed by atoms with Gasteiger partial charge in [0.1, 0.15) is 5.25 Å². The van der Waals surface area contributed by atoms with Crippen LogP contribution in [0.3, 0.4) is 0 Å². The van der Waals surface area contributed by atoms with Gasteiger partial charge in [-0.05, 0) is 29.8 Å². The van der Waals surface area contributed by atoms with E-state index in [0.29, 0.717) is 22.2 Å². The number of thiazole rings is 1. The number of rotatable bonds is 4. The number of H-pyrrole nitrogens is 1. The molecule has 3 heterocycles. The molecule has 2 aliphatic rings. The van der Waals surface area contributed by atoms with Crippen LogP contribution in [0, 0.1) is 5.92 Å². The van der Waals surface area contributed by atoms with Crippen molar-refractivity contribution in [3.8, 4) is 11.5 Å². The van der Waals surface area contributed by atoms with Crippen LogP contribution in [0.15, 0.2) is 58.4 Å². The van der Waals surface area contributed by atoms with E-state index in [1.54, 1.807) is 44.6 Å². The third-order valence-corrected chi connectivity index (χ3v) is 8.01. The SMILES string of the molecule is COc1ccc(C2c3sc(=O)[nH]c3SC3C(=O)N(c4ccccc4)C(=O)C32)cc1OC. The molecule has 0 saturated carbocycles. The molecular weight excluding hydrogens is 436 g/mol. The van der Waals surface area contributed by atoms with Crippen molar-refractivity contribution in [3.05, 3.63) is 68.6 Å². The lowest BCUT2D eigenvalue weighted by molar-refractivity contribution is -0.122. The molecule has 1 saturated heterocycles. The second-order valence-electron chi connectivity index (χ2n) is 7.21. The van der Waals surface area contributed by atoms with E-state index in [9.17, 15) is 14.4 Å². The van der Waals surface area contributed by atoms with Crippen LogP contribution in [0.2, 0.25) is 0 Å². The maximum atomic E-state index is 13.6. The van der Waals surface area contributed by atoms with Gasteiger partial charge >= 0.3 is 4.87 Å². The normalized spacial score (nSPS) is 22.3. The fraction of sp³-hybridized carbons (Fsp3) is 0.227. The summed E-state index contributed by atoms with van der Waals surface area (Å²) in [6, 6.07) is 14.4. The molecular formula is C22H18N2O5S2. The Bertz CT molecular complexity index is 1240. The highest BCUT2D eigenvalue weighted by Crippen LogP contribution is 2.53. The number of hydrogen-bond acceptors (Lipinski definition) is 7. The zero-order valence-corrected chi connectivity index (χ0v) is 18.3. The van der Waals surface area contributed by atoms with Crippen LogP contribution in [0.25, 0.3) is 0 Å². The number of nitrogens with zero attached hydrogens (tertiary/aromatic N) is 1. The molecule has 3 aromatic rings. The van der Waals surface area contributed by atoms with Gasteiger partial charge in [0.25, 0.3) is 0 Å². The van der Waals surface area contributed by atoms with Crippen molar-refractivity contribution in [1.82, 2.24) is 4.98 Å². The molecule has 0 radical (unpaired) electrons. The number of aromatic nitrogens is 1. The van der Waals surface area contributed by atoms with E-state index in [1.807, 2.05) is 18.2 Å². The molecule has 158 valence electrons. The van der Waals surface area contributed by atoms with Gasteiger partial charge < -0.3 is 14.5 Å². The molecule has 1 N–H and O–H groups in total. The average Bonchev–Trinajstić information content (AvgIpc) is 3.28. The minimum atomic E-state index is -0.630. The zero-order valence-electron chi connectivity index (χ0n) is 16.7. The summed E-state index contributed by atoms with van der Waals surface area (Å²) < 4.78 is 10.8. The van der Waals surface area contributed by atoms with Gasteiger partial charge in [0.2, 0.25) is 11.8 Å². The number of ether oxygens (including phenoxy) is 2. The third-order valence-electron chi connectivity index (χ3n) is 5.61. The number of nitrogens with one attached hydrogen (secondary N) is 1. The van der Waals surface area contributed by atoms with Crippen LogP contribution < -0.4 is 19.2 Å². The number of para-hydroxylation sites is 1. The largest absolute Gasteiger partial charge is 0.493 e. The number of benzene rings is 2. The van der Waals surface area contributed by atoms with Crippen LogP contribution in [0.5, 0.6) is 11.5 Å². The van der Waals surface area contributed by atoms with E-state index in [4.69, 9.17) is 9.47 Å². The van der Waals surface area contributed by atoms with Crippen molar-refractivity contribution in [2.24, 2.45) is 5.92 Å². The summed E-state index contributed by atoms with van der Waals surface area (Å²) in [5.74, 6) is -0.523. The van der Waals surface area contributed by atoms with Crippen LogP contribution in [0.1, 0.15) is 16.4 Å². The topological polar surface area (TPSA) is 88.7 Å². The number of amides is 2. The van der Waals surface area contributed by atoms with E-state index >= 15 is 0 Å². The first-order chi connectivity index (χ1) is 15.0. The zero-order chi connectivity index (χ0) is 21.7. The summed E-state index contributed by atoms with van der Waals surface area (Å²) in [7, 11) is 3.10. The summed E-state index contributed by atoms with van der Waals surface area (Å²) >= 11 is 2.34. The summed E-state index contributed by atoms with van der Waals surface area (Å²) in [4.78, 5) is 43.7. The Morgan fingerprint density at radius 2 is 1.68 bits per heavy atom. The minimum Gasteiger partial charge on any atom is -0.493 e. The lowest BCUT2D eigenvalue weighted by Gasteiger charge is -2.30. The minimum absolute atomic E-state index is 0.206. The molecule has 5 rings (SSSR count). The number of anilines is 1. The summed E-state index contributed by atoms with van der Waals surface area (Å²) in [6.07, 6.45) is 0. The molecule has 9 heteroatoms. The second kappa shape index (κ2) is 7.58. The highest BCUT2D eigenvalue weighted by atomic mass is 32.2. The van der Waals surface area contributed by atoms with Crippen molar-refractivity contribution >= 4 is 40.6 Å². The Morgan fingerprint density at radius 1 is 0.935 bits per heavy atom. The predicted octanol–water partition coefficient (Wildman–Crippen LogP) is 3.25. The molecule has 1 aromatic heterocycles. The van der Waals surface area contributed by atoms with Crippen LogP contribution >= 0.6 is 23.1 Å². The summed E-state index contributed by atoms with van der Waals surface area (Å²) in [6.45, 7) is 0. The third kappa shape index (κ3) is 3.07. The van der Waals surface area contributed by atoms with Gasteiger partial charge in [-0.25, -0.2) is 4.90 Å². The number of imide groups is 1. The van der Waals surface area contributed by atoms with Gasteiger partial charge in [0.15, 0.2) is 11.5 Å². The van der Waals surface area contributed by atoms with Gasteiger partial charge in [-0.15, -0.1) is 0 Å². The summed E-state index contributed by atoms with van der Waals surface area (Å²) in [5, 5.41) is 0.0237. The number of methoxy groups -OCH3 is 2. The lowest BCUT2D eigenvalue weighted by atomic mass is 9.83. The Hall–Kier alpha value is -3.04. The van der Waals surface area contributed by atoms with Crippen molar-refractivity contribution in [1.29, 1.82) is 0 Å². The Kier molecular flexibility index (Phi) is 4.86. The average molecular weight is 455 g/mol. The predicted molar refractivity (Wildman–Crippen MR) is 118 cm³/mol. The van der Waals surface area contributed by atoms with Crippen molar-refractivity contribution < 1.29 is 19.1 Å². The molecule has 3 atom stereocenters. The van der Waals surface area contributed by atoms with Gasteiger partial charge in [0.05, 0.1) is 30.9 Å². The van der Waals surface area contributed by atoms with Gasteiger partial charge in [0, 0.05) is 10.8 Å². The first-order valence-corrected chi connectivity index (χ1v) is 11.3. The lowest BCUT2D eigenvalue weighted by Crippen LogP contribution is -2.32. The Balaban J connectivity index is 1.66. The molecule has 2 amide bonds. The smallest absolute Gasteiger partial charge is 0.305 e. The Morgan fingerprint density at radius 3 is 2.39 bits per heavy atom. The number of thioether (sulfide) groups is 1. The van der Waals surface area contributed by atoms with E-state index in [1.165, 1.54) is 16.7 Å². The second-order valence-corrected chi connectivity index (χ2v) is 9.38. The first kappa shape index (κ1) is 19.9. The van der Waals surface area contributed by atoms with Gasteiger partial charge in [-0.3, -0.25) is 14.4 Å². The number of carbonyl (C=O) groups excluding carboxylic acids is 2. The van der Waals surface area contributed by atoms with Gasteiger partial charge in [-0.2, -0.15) is 0 Å². The molecule has 2 aliphatic heterocycles. The monoisotopic (exact) mass is 454 g/mol. The molecule has 1 fully saturated rings. The summed E-state index contributed by atoms with van der Waals surface area (Å²) in [5.41, 5.74) is 1.34. The standard InChI is InChI=1S/C22H18N2O5S2/c1-28-13-9-8-11(10-14(13)29-2)15-16-18(30-19-17(15)31-22(27)23-19)21(26)24(20(16)25)12-6-4-3-5-7-12/h3-10,15-16,18H,1-2H3,(H,23,27). The van der Waals surface area contributed by atoms with E-state index < -0.39 is 17.1 Å². The highest BCUT2D eigenvalue weighted by Gasteiger charge is 2.56. The van der Waals surface area contributed by atoms with Crippen molar-refractivity contribution in [3.63, 3.8) is 0 Å². The number of fused-ring (bicyclic) bond motifs is 2. The number of carbonyl (C=O) groups is 2. The van der Waals surface area contributed by atoms with E-state index in [-0.39, 0.29) is 16.7 Å². The van der Waals surface area contributed by atoms with Crippen LogP contribution in [0.4, 0.5) is 5.69 Å². The number of aromatic amines is 1. The van der Waals surface area contributed by atoms with E-state index in [2.05, 4.69) is 4.98 Å². The van der Waals surface area contributed by atoms with E-state index in [0.717, 1.165) is 21.8 Å². The molecule has 0 bridgehead atoms. The molecule has 31 heavy (non-hydrogen) atoms. The van der Waals surface area contributed by atoms with Crippen LogP contribution in [-0.2, 0) is 9.59 Å². The first-order valence-electron chi connectivity index (χ1n) is 9.58. The molecule has 3 unspecified atom stereocenters. The molecule has 0 aliphatic carbocycles. The fourth-order valence-electron chi connectivity index (χ4n) is 4.25. The quantitative estimate of drug-likeness (QED) is 0.609. The maximum Gasteiger partial charge on any atom is 0.305 e. The van der Waals surface area contributed by atoms with Crippen LogP contribution in [-0.4, -0.2) is 36.3 Å². The van der Waals surface area contributed by atoms with Gasteiger partial charge in [-0.1, -0.05) is 47.4 Å².